The first-order chi connectivity index (χ1) is 17.0. The van der Waals surface area contributed by atoms with Crippen LogP contribution in [0.3, 0.4) is 0 Å². The van der Waals surface area contributed by atoms with Crippen molar-refractivity contribution in [3.05, 3.63) is 82.9 Å². The zero-order valence-electron chi connectivity index (χ0n) is 20.0. The Balaban J connectivity index is 1.61. The maximum Gasteiger partial charge on any atom is 0.255 e. The number of amides is 2. The first-order valence-electron chi connectivity index (χ1n) is 11.5. The number of ether oxygens (including phenoxy) is 3. The van der Waals surface area contributed by atoms with E-state index in [2.05, 4.69) is 10.6 Å². The van der Waals surface area contributed by atoms with Crippen molar-refractivity contribution in [3.8, 4) is 17.2 Å². The van der Waals surface area contributed by atoms with E-state index in [0.29, 0.717) is 47.2 Å². The Bertz CT molecular complexity index is 1260. The molecule has 0 atom stereocenters. The molecule has 1 aliphatic heterocycles. The third kappa shape index (κ3) is 5.63. The van der Waals surface area contributed by atoms with Gasteiger partial charge in [0.05, 0.1) is 30.2 Å². The number of para-hydroxylation sites is 1. The normalized spacial score (nSPS) is 12.0. The minimum absolute atomic E-state index is 0.163. The van der Waals surface area contributed by atoms with E-state index in [1.807, 2.05) is 63.2 Å². The van der Waals surface area contributed by atoms with E-state index in [-0.39, 0.29) is 18.4 Å². The Morgan fingerprint density at radius 1 is 0.857 bits per heavy atom. The van der Waals surface area contributed by atoms with Gasteiger partial charge in [0.25, 0.3) is 11.8 Å². The Hall–Kier alpha value is -4.26. The molecule has 0 saturated heterocycles. The van der Waals surface area contributed by atoms with Gasteiger partial charge >= 0.3 is 0 Å². The van der Waals surface area contributed by atoms with E-state index in [9.17, 15) is 9.59 Å². The highest BCUT2D eigenvalue weighted by Crippen LogP contribution is 2.38. The largest absolute Gasteiger partial charge is 0.492 e. The summed E-state index contributed by atoms with van der Waals surface area (Å²) in [6.45, 7) is 6.58. The number of nitrogens with one attached hydrogen (secondary N) is 2. The Kier molecular flexibility index (Phi) is 7.35. The number of anilines is 2. The number of aryl methyl sites for hydroxylation is 1. The first kappa shape index (κ1) is 23.9. The van der Waals surface area contributed by atoms with Crippen molar-refractivity contribution < 1.29 is 23.8 Å². The van der Waals surface area contributed by atoms with Crippen LogP contribution >= 0.6 is 0 Å². The van der Waals surface area contributed by atoms with Crippen LogP contribution in [-0.2, 0) is 4.79 Å². The number of carbonyl (C=O) groups is 2. The zero-order chi connectivity index (χ0) is 24.8. The van der Waals surface area contributed by atoms with Gasteiger partial charge in [-0.2, -0.15) is 0 Å². The topological polar surface area (TPSA) is 85.9 Å². The summed E-state index contributed by atoms with van der Waals surface area (Å²) in [5, 5.41) is 5.80. The summed E-state index contributed by atoms with van der Waals surface area (Å²) in [6, 6.07) is 18.2. The van der Waals surface area contributed by atoms with Gasteiger partial charge in [-0.3, -0.25) is 9.59 Å². The predicted octanol–water partition coefficient (Wildman–Crippen LogP) is 5.46. The van der Waals surface area contributed by atoms with E-state index >= 15 is 0 Å². The summed E-state index contributed by atoms with van der Waals surface area (Å²) in [4.78, 5) is 25.9. The van der Waals surface area contributed by atoms with Gasteiger partial charge in [-0.1, -0.05) is 35.9 Å². The van der Waals surface area contributed by atoms with Crippen molar-refractivity contribution in [3.63, 3.8) is 0 Å². The number of fused-ring (bicyclic) bond motifs is 1. The number of hydrogen-bond donors (Lipinski definition) is 2. The summed E-state index contributed by atoms with van der Waals surface area (Å²) in [7, 11) is 0. The summed E-state index contributed by atoms with van der Waals surface area (Å²) in [6.07, 6.45) is 1.81. The molecule has 180 valence electrons. The summed E-state index contributed by atoms with van der Waals surface area (Å²) in [5.41, 5.74) is 3.82. The minimum Gasteiger partial charge on any atom is -0.492 e. The van der Waals surface area contributed by atoms with Crippen LogP contribution in [0.1, 0.15) is 35.3 Å². The maximum atomic E-state index is 13.1. The maximum absolute atomic E-state index is 13.1. The quantitative estimate of drug-likeness (QED) is 0.455. The van der Waals surface area contributed by atoms with Gasteiger partial charge in [-0.15, -0.1) is 0 Å². The first-order valence-corrected chi connectivity index (χ1v) is 11.5. The smallest absolute Gasteiger partial charge is 0.255 e. The molecule has 0 fully saturated rings. The lowest BCUT2D eigenvalue weighted by Gasteiger charge is -2.20. The molecule has 0 unspecified atom stereocenters. The molecule has 0 radical (unpaired) electrons. The molecule has 4 rings (SSSR count). The fourth-order valence-electron chi connectivity index (χ4n) is 3.65. The van der Waals surface area contributed by atoms with Gasteiger partial charge in [0.1, 0.15) is 23.9 Å². The molecule has 0 aliphatic carbocycles. The van der Waals surface area contributed by atoms with Crippen molar-refractivity contribution in [1.29, 1.82) is 0 Å². The van der Waals surface area contributed by atoms with Gasteiger partial charge in [0.2, 0.25) is 0 Å². The molecule has 1 heterocycles. The van der Waals surface area contributed by atoms with Crippen molar-refractivity contribution >= 4 is 29.3 Å². The second-order valence-corrected chi connectivity index (χ2v) is 7.98. The molecular formula is C28H28N2O5. The lowest BCUT2D eigenvalue weighted by Crippen LogP contribution is -2.22. The standard InChI is InChI=1S/C28H28N2O5/c1-4-33-25-16-23(30-28(32)21-14-20-8-6-7-9-24(20)35-17-21)26(34-5-2)15-22(25)29-27(31)19-12-10-18(3)11-13-19/h6-16H,4-5,17H2,1-3H3,(H,29,31)(H,30,32). The van der Waals surface area contributed by atoms with Crippen LogP contribution in [0.4, 0.5) is 11.4 Å². The van der Waals surface area contributed by atoms with Crippen LogP contribution in [0.25, 0.3) is 6.08 Å². The van der Waals surface area contributed by atoms with Crippen molar-refractivity contribution in [2.45, 2.75) is 20.8 Å². The number of hydrogen-bond acceptors (Lipinski definition) is 5. The van der Waals surface area contributed by atoms with Crippen LogP contribution in [0, 0.1) is 6.92 Å². The van der Waals surface area contributed by atoms with Crippen LogP contribution in [-0.4, -0.2) is 31.6 Å². The van der Waals surface area contributed by atoms with Crippen molar-refractivity contribution in [2.75, 3.05) is 30.5 Å². The van der Waals surface area contributed by atoms with Crippen LogP contribution in [0.2, 0.25) is 0 Å². The van der Waals surface area contributed by atoms with Crippen molar-refractivity contribution in [1.82, 2.24) is 0 Å². The molecule has 0 spiro atoms. The number of benzene rings is 3. The predicted molar refractivity (Wildman–Crippen MR) is 136 cm³/mol. The Morgan fingerprint density at radius 2 is 1.46 bits per heavy atom. The van der Waals surface area contributed by atoms with E-state index in [1.54, 1.807) is 24.3 Å². The van der Waals surface area contributed by atoms with Gasteiger partial charge in [0.15, 0.2) is 0 Å². The molecule has 7 heteroatoms. The van der Waals surface area contributed by atoms with Gasteiger partial charge in [-0.05, 0) is 45.0 Å². The monoisotopic (exact) mass is 472 g/mol. The van der Waals surface area contributed by atoms with E-state index in [4.69, 9.17) is 14.2 Å². The molecule has 0 aromatic heterocycles. The molecule has 2 amide bonds. The third-order valence-corrected chi connectivity index (χ3v) is 5.42. The summed E-state index contributed by atoms with van der Waals surface area (Å²) < 4.78 is 17.3. The molecular weight excluding hydrogens is 444 g/mol. The number of rotatable bonds is 8. The second-order valence-electron chi connectivity index (χ2n) is 7.98. The molecule has 2 N–H and O–H groups in total. The van der Waals surface area contributed by atoms with Gasteiger partial charge < -0.3 is 24.8 Å². The highest BCUT2D eigenvalue weighted by molar-refractivity contribution is 6.09. The molecule has 35 heavy (non-hydrogen) atoms. The van der Waals surface area contributed by atoms with Crippen LogP contribution < -0.4 is 24.8 Å². The minimum atomic E-state index is -0.306. The average molecular weight is 473 g/mol. The second kappa shape index (κ2) is 10.8. The molecule has 0 bridgehead atoms. The molecule has 1 aliphatic rings. The molecule has 3 aromatic carbocycles. The summed E-state index contributed by atoms with van der Waals surface area (Å²) in [5.74, 6) is 1.01. The van der Waals surface area contributed by atoms with E-state index < -0.39 is 0 Å². The Morgan fingerprint density at radius 3 is 2.09 bits per heavy atom. The number of carbonyl (C=O) groups excluding carboxylic acids is 2. The SMILES string of the molecule is CCOc1cc(NC(=O)c2ccc(C)cc2)c(OCC)cc1NC(=O)C1=Cc2ccccc2OC1. The fourth-order valence-corrected chi connectivity index (χ4v) is 3.65. The Labute approximate surface area is 204 Å². The molecule has 0 saturated carbocycles. The van der Waals surface area contributed by atoms with Gasteiger partial charge in [-0.25, -0.2) is 0 Å². The van der Waals surface area contributed by atoms with Crippen LogP contribution in [0.5, 0.6) is 17.2 Å². The fraction of sp³-hybridized carbons (Fsp3) is 0.214. The van der Waals surface area contributed by atoms with Gasteiger partial charge in [0, 0.05) is 23.3 Å². The van der Waals surface area contributed by atoms with Crippen molar-refractivity contribution in [2.24, 2.45) is 0 Å². The summed E-state index contributed by atoms with van der Waals surface area (Å²) >= 11 is 0. The average Bonchev–Trinajstić information content (AvgIpc) is 2.86. The zero-order valence-corrected chi connectivity index (χ0v) is 20.0. The van der Waals surface area contributed by atoms with Crippen LogP contribution in [0.15, 0.2) is 66.2 Å². The molecule has 7 nitrogen and oxygen atoms in total. The lowest BCUT2D eigenvalue weighted by molar-refractivity contribution is -0.113. The van der Waals surface area contributed by atoms with E-state index in [1.165, 1.54) is 0 Å². The van der Waals surface area contributed by atoms with E-state index in [0.717, 1.165) is 16.9 Å². The lowest BCUT2D eigenvalue weighted by atomic mass is 10.1. The third-order valence-electron chi connectivity index (χ3n) is 5.42. The highest BCUT2D eigenvalue weighted by atomic mass is 16.5. The molecule has 3 aromatic rings. The highest BCUT2D eigenvalue weighted by Gasteiger charge is 2.21.